The summed E-state index contributed by atoms with van der Waals surface area (Å²) in [6.45, 7) is 1.93. The van der Waals surface area contributed by atoms with Crippen molar-refractivity contribution in [2.45, 2.75) is 29.2 Å². The molecule has 4 nitrogen and oxygen atoms in total. The maximum absolute atomic E-state index is 10.6. The number of aliphatic hydroxyl groups is 1. The molecule has 1 unspecified atom stereocenters. The summed E-state index contributed by atoms with van der Waals surface area (Å²) in [4.78, 5) is 12.1. The van der Waals surface area contributed by atoms with Gasteiger partial charge in [-0.25, -0.2) is 0 Å². The molecule has 0 aliphatic carbocycles. The fourth-order valence-corrected chi connectivity index (χ4v) is 2.83. The van der Waals surface area contributed by atoms with Crippen molar-refractivity contribution in [3.8, 4) is 0 Å². The van der Waals surface area contributed by atoms with E-state index in [-0.39, 0.29) is 5.69 Å². The summed E-state index contributed by atoms with van der Waals surface area (Å²) in [5.41, 5.74) is 0.967. The zero-order valence-corrected chi connectivity index (χ0v) is 11.8. The summed E-state index contributed by atoms with van der Waals surface area (Å²) in [5, 5.41) is 20.6. The first-order valence-electron chi connectivity index (χ1n) is 6.31. The van der Waals surface area contributed by atoms with E-state index in [1.807, 2.05) is 31.2 Å². The Hall–Kier alpha value is -1.85. The fourth-order valence-electron chi connectivity index (χ4n) is 1.83. The van der Waals surface area contributed by atoms with Crippen LogP contribution in [-0.2, 0) is 0 Å². The van der Waals surface area contributed by atoms with E-state index >= 15 is 0 Å². The van der Waals surface area contributed by atoms with Crippen molar-refractivity contribution in [3.05, 3.63) is 64.2 Å². The molecule has 104 valence electrons. The number of hydrogen-bond acceptors (Lipinski definition) is 4. The van der Waals surface area contributed by atoms with Crippen molar-refractivity contribution >= 4 is 17.4 Å². The molecule has 0 radical (unpaired) electrons. The number of nitro groups is 1. The summed E-state index contributed by atoms with van der Waals surface area (Å²) in [6, 6.07) is 14.1. The highest BCUT2D eigenvalue weighted by atomic mass is 32.2. The van der Waals surface area contributed by atoms with Crippen LogP contribution in [0.1, 0.15) is 25.0 Å². The van der Waals surface area contributed by atoms with Crippen molar-refractivity contribution < 1.29 is 10.0 Å². The first kappa shape index (κ1) is 14.6. The van der Waals surface area contributed by atoms with Crippen molar-refractivity contribution in [3.63, 3.8) is 0 Å². The second-order valence-electron chi connectivity index (χ2n) is 4.31. The van der Waals surface area contributed by atoms with E-state index in [0.717, 1.165) is 15.4 Å². The number of non-ortho nitro benzene ring substituents is 1. The van der Waals surface area contributed by atoms with Gasteiger partial charge in [-0.2, -0.15) is 0 Å². The Labute approximate surface area is 121 Å². The predicted molar refractivity (Wildman–Crippen MR) is 78.9 cm³/mol. The van der Waals surface area contributed by atoms with Gasteiger partial charge in [-0.05, 0) is 30.2 Å². The maximum atomic E-state index is 10.6. The van der Waals surface area contributed by atoms with E-state index in [1.54, 1.807) is 12.1 Å². The average Bonchev–Trinajstić information content (AvgIpc) is 2.47. The van der Waals surface area contributed by atoms with Gasteiger partial charge >= 0.3 is 0 Å². The van der Waals surface area contributed by atoms with E-state index in [1.165, 1.54) is 23.9 Å². The molecule has 0 aliphatic rings. The zero-order valence-electron chi connectivity index (χ0n) is 11.0. The first-order valence-corrected chi connectivity index (χ1v) is 7.12. The normalized spacial score (nSPS) is 12.1. The van der Waals surface area contributed by atoms with Gasteiger partial charge < -0.3 is 5.11 Å². The lowest BCUT2D eigenvalue weighted by atomic mass is 10.1. The van der Waals surface area contributed by atoms with Crippen LogP contribution >= 0.6 is 11.8 Å². The minimum atomic E-state index is -0.489. The minimum absolute atomic E-state index is 0.0798. The predicted octanol–water partition coefficient (Wildman–Crippen LogP) is 4.19. The quantitative estimate of drug-likeness (QED) is 0.662. The topological polar surface area (TPSA) is 63.4 Å². The molecule has 0 fully saturated rings. The van der Waals surface area contributed by atoms with E-state index < -0.39 is 11.0 Å². The van der Waals surface area contributed by atoms with Crippen LogP contribution in [0.25, 0.3) is 0 Å². The molecule has 2 aromatic carbocycles. The third-order valence-electron chi connectivity index (χ3n) is 2.94. The molecule has 0 saturated heterocycles. The Morgan fingerprint density at radius 1 is 1.20 bits per heavy atom. The lowest BCUT2D eigenvalue weighted by Gasteiger charge is -2.13. The van der Waals surface area contributed by atoms with Gasteiger partial charge in [-0.3, -0.25) is 10.1 Å². The van der Waals surface area contributed by atoms with Crippen LogP contribution in [0.5, 0.6) is 0 Å². The van der Waals surface area contributed by atoms with Crippen LogP contribution in [0.15, 0.2) is 58.3 Å². The molecule has 1 N–H and O–H groups in total. The number of hydrogen-bond donors (Lipinski definition) is 1. The molecule has 0 heterocycles. The van der Waals surface area contributed by atoms with Gasteiger partial charge in [0, 0.05) is 21.9 Å². The van der Waals surface area contributed by atoms with Gasteiger partial charge in [0.1, 0.15) is 0 Å². The summed E-state index contributed by atoms with van der Waals surface area (Å²) < 4.78 is 0. The van der Waals surface area contributed by atoms with Gasteiger partial charge in [-0.1, -0.05) is 36.9 Å². The molecular weight excluding hydrogens is 274 g/mol. The van der Waals surface area contributed by atoms with Crippen molar-refractivity contribution in [1.82, 2.24) is 0 Å². The number of nitro benzene ring substituents is 1. The summed E-state index contributed by atoms with van der Waals surface area (Å²) in [5.74, 6) is 0. The highest BCUT2D eigenvalue weighted by molar-refractivity contribution is 7.99. The first-order chi connectivity index (χ1) is 9.61. The zero-order chi connectivity index (χ0) is 14.5. The standard InChI is InChI=1S/C15H15NO3S/c1-2-14(17)13-5-3-4-6-15(13)20-12-9-7-11(8-10-12)16(18)19/h3-10,14,17H,2H2,1H3. The molecule has 0 amide bonds. The van der Waals surface area contributed by atoms with Crippen LogP contribution in [0, 0.1) is 10.1 Å². The Balaban J connectivity index is 2.23. The summed E-state index contributed by atoms with van der Waals surface area (Å²) in [7, 11) is 0. The summed E-state index contributed by atoms with van der Waals surface area (Å²) >= 11 is 1.50. The van der Waals surface area contributed by atoms with Crippen LogP contribution in [0.3, 0.4) is 0 Å². The average molecular weight is 289 g/mol. The minimum Gasteiger partial charge on any atom is -0.388 e. The third-order valence-corrected chi connectivity index (χ3v) is 4.04. The monoisotopic (exact) mass is 289 g/mol. The molecule has 1 atom stereocenters. The Kier molecular flexibility index (Phi) is 4.76. The Bertz CT molecular complexity index is 598. The SMILES string of the molecule is CCC(O)c1ccccc1Sc1ccc([N+](=O)[O-])cc1. The third kappa shape index (κ3) is 3.37. The Morgan fingerprint density at radius 3 is 2.45 bits per heavy atom. The second-order valence-corrected chi connectivity index (χ2v) is 5.43. The second kappa shape index (κ2) is 6.54. The van der Waals surface area contributed by atoms with Gasteiger partial charge in [0.25, 0.3) is 5.69 Å². The maximum Gasteiger partial charge on any atom is 0.269 e. The molecule has 2 aromatic rings. The molecule has 0 spiro atoms. The van der Waals surface area contributed by atoms with Crippen molar-refractivity contribution in [1.29, 1.82) is 0 Å². The van der Waals surface area contributed by atoms with E-state index in [4.69, 9.17) is 0 Å². The number of benzene rings is 2. The van der Waals surface area contributed by atoms with Gasteiger partial charge in [0.2, 0.25) is 0 Å². The fraction of sp³-hybridized carbons (Fsp3) is 0.200. The van der Waals surface area contributed by atoms with Crippen molar-refractivity contribution in [2.24, 2.45) is 0 Å². The number of nitrogens with zero attached hydrogens (tertiary/aromatic N) is 1. The highest BCUT2D eigenvalue weighted by Gasteiger charge is 2.11. The van der Waals surface area contributed by atoms with Gasteiger partial charge in [0.15, 0.2) is 0 Å². The lowest BCUT2D eigenvalue weighted by molar-refractivity contribution is -0.384. The summed E-state index contributed by atoms with van der Waals surface area (Å²) in [6.07, 6.45) is 0.162. The van der Waals surface area contributed by atoms with Crippen LogP contribution < -0.4 is 0 Å². The number of aliphatic hydroxyl groups excluding tert-OH is 1. The molecule has 20 heavy (non-hydrogen) atoms. The van der Waals surface area contributed by atoms with Crippen LogP contribution in [0.2, 0.25) is 0 Å². The lowest BCUT2D eigenvalue weighted by Crippen LogP contribution is -1.97. The van der Waals surface area contributed by atoms with Gasteiger partial charge in [0.05, 0.1) is 11.0 Å². The molecule has 5 heteroatoms. The van der Waals surface area contributed by atoms with E-state index in [2.05, 4.69) is 0 Å². The van der Waals surface area contributed by atoms with Crippen LogP contribution in [0.4, 0.5) is 5.69 Å². The molecule has 0 aliphatic heterocycles. The smallest absolute Gasteiger partial charge is 0.269 e. The molecule has 0 aromatic heterocycles. The molecule has 2 rings (SSSR count). The molecule has 0 bridgehead atoms. The number of rotatable bonds is 5. The molecular formula is C15H15NO3S. The Morgan fingerprint density at radius 2 is 1.85 bits per heavy atom. The van der Waals surface area contributed by atoms with E-state index in [0.29, 0.717) is 6.42 Å². The van der Waals surface area contributed by atoms with E-state index in [9.17, 15) is 15.2 Å². The molecule has 0 saturated carbocycles. The van der Waals surface area contributed by atoms with Crippen molar-refractivity contribution in [2.75, 3.05) is 0 Å². The van der Waals surface area contributed by atoms with Gasteiger partial charge in [-0.15, -0.1) is 0 Å². The largest absolute Gasteiger partial charge is 0.388 e. The van der Waals surface area contributed by atoms with Crippen LogP contribution in [-0.4, -0.2) is 10.0 Å². The highest BCUT2D eigenvalue weighted by Crippen LogP contribution is 2.34.